The number of benzene rings is 1. The second-order valence-electron chi connectivity index (χ2n) is 1.54. The molecule has 0 saturated carbocycles. The second-order valence-corrected chi connectivity index (χ2v) is 3.59. The first kappa shape index (κ1) is 7.51. The molecule has 0 atom stereocenters. The van der Waals surface area contributed by atoms with Gasteiger partial charge in [-0.05, 0) is 29.2 Å². The summed E-state index contributed by atoms with van der Waals surface area (Å²) in [5.41, 5.74) is 0. The van der Waals surface area contributed by atoms with Crippen molar-refractivity contribution >= 4 is 38.4 Å². The van der Waals surface area contributed by atoms with Gasteiger partial charge in [-0.2, -0.15) is 0 Å². The molecule has 0 aliphatic rings. The van der Waals surface area contributed by atoms with E-state index in [1.807, 2.05) is 24.3 Å². The number of hydrogen-bond donors (Lipinski definition) is 0. The lowest BCUT2D eigenvalue weighted by Crippen LogP contribution is -1.65. The van der Waals surface area contributed by atoms with Crippen LogP contribution in [0.25, 0.3) is 0 Å². The van der Waals surface area contributed by atoms with Gasteiger partial charge in [-0.3, -0.25) is 10.8 Å². The fourth-order valence-corrected chi connectivity index (χ4v) is 1.34. The minimum absolute atomic E-state index is 1.09. The fraction of sp³-hybridized carbons (Fsp3) is 0. The Labute approximate surface area is 72.0 Å². The molecule has 48 valence electrons. The lowest BCUT2D eigenvalue weighted by Gasteiger charge is -2.02. The van der Waals surface area contributed by atoms with Crippen molar-refractivity contribution in [2.45, 2.75) is 4.90 Å². The molecule has 1 aromatic rings. The van der Waals surface area contributed by atoms with Gasteiger partial charge in [-0.15, -0.1) is 0 Å². The van der Waals surface area contributed by atoms with Crippen LogP contribution in [-0.4, -0.2) is 0 Å². The average Bonchev–Trinajstić information content (AvgIpc) is 1.90. The molecule has 0 fully saturated rings. The Morgan fingerprint density at radius 2 is 1.78 bits per heavy atom. The van der Waals surface area contributed by atoms with E-state index in [2.05, 4.69) is 15.9 Å². The van der Waals surface area contributed by atoms with Crippen molar-refractivity contribution < 1.29 is 0 Å². The molecule has 1 aromatic carbocycles. The Morgan fingerprint density at radius 1 is 1.22 bits per heavy atom. The third-order valence-electron chi connectivity index (χ3n) is 0.910. The summed E-state index contributed by atoms with van der Waals surface area (Å²) in [5.74, 6) is 0. The maximum absolute atomic E-state index is 4.76. The van der Waals surface area contributed by atoms with Crippen molar-refractivity contribution in [3.63, 3.8) is 0 Å². The van der Waals surface area contributed by atoms with Gasteiger partial charge in [0.25, 0.3) is 0 Å². The highest BCUT2D eigenvalue weighted by Crippen LogP contribution is 2.18. The summed E-state index contributed by atoms with van der Waals surface area (Å²) in [6, 6.07) is 7.94. The van der Waals surface area contributed by atoms with E-state index in [0.29, 0.717) is 0 Å². The first-order valence-corrected chi connectivity index (χ1v) is 4.92. The van der Waals surface area contributed by atoms with E-state index in [1.54, 1.807) is 0 Å². The van der Waals surface area contributed by atoms with Crippen molar-refractivity contribution in [3.05, 3.63) is 28.7 Å². The predicted molar refractivity (Wildman–Crippen MR) is 47.4 cm³/mol. The van der Waals surface area contributed by atoms with Gasteiger partial charge in [0.15, 0.2) is 0 Å². The Morgan fingerprint density at radius 3 is 2.22 bits per heavy atom. The number of halogens is 1. The van der Waals surface area contributed by atoms with Crippen molar-refractivity contribution in [2.75, 3.05) is 0 Å². The lowest BCUT2D eigenvalue weighted by atomic mass is 10.4. The van der Waals surface area contributed by atoms with Gasteiger partial charge in [0.05, 0.1) is 0 Å². The van der Waals surface area contributed by atoms with Crippen molar-refractivity contribution in [1.29, 1.82) is 0 Å². The molecule has 3 heteroatoms. The SMILES string of the molecule is [S-]Sc1ccc(Br)cc1. The molecule has 0 unspecified atom stereocenters. The molecule has 0 spiro atoms. The molecule has 0 nitrogen and oxygen atoms in total. The molecule has 1 rings (SSSR count). The fourth-order valence-electron chi connectivity index (χ4n) is 0.490. The smallest absolute Gasteiger partial charge is 0.0176 e. The molecule has 0 aromatic heterocycles. The van der Waals surface area contributed by atoms with Gasteiger partial charge in [-0.25, -0.2) is 0 Å². The number of hydrogen-bond acceptors (Lipinski definition) is 2. The van der Waals surface area contributed by atoms with E-state index in [1.165, 1.54) is 10.8 Å². The minimum Gasteiger partial charge on any atom is -0.714 e. The van der Waals surface area contributed by atoms with Gasteiger partial charge in [0.2, 0.25) is 0 Å². The van der Waals surface area contributed by atoms with E-state index in [4.69, 9.17) is 11.7 Å². The maximum atomic E-state index is 4.76. The van der Waals surface area contributed by atoms with E-state index in [0.717, 1.165) is 9.37 Å². The normalized spacial score (nSPS) is 9.56. The quantitative estimate of drug-likeness (QED) is 0.527. The summed E-state index contributed by atoms with van der Waals surface area (Å²) in [4.78, 5) is 1.12. The van der Waals surface area contributed by atoms with E-state index in [-0.39, 0.29) is 0 Å². The van der Waals surface area contributed by atoms with Gasteiger partial charge >= 0.3 is 0 Å². The van der Waals surface area contributed by atoms with Crippen LogP contribution in [0.1, 0.15) is 0 Å². The van der Waals surface area contributed by atoms with Gasteiger partial charge < -0.3 is 11.7 Å². The average molecular weight is 220 g/mol. The zero-order chi connectivity index (χ0) is 6.69. The standard InChI is InChI=1S/C6H5BrS2/c7-5-1-3-6(9-8)4-2-5/h1-4,8H/p-1. The molecule has 0 aliphatic heterocycles. The Hall–Kier alpha value is 0.400. The van der Waals surface area contributed by atoms with Crippen LogP contribution >= 0.6 is 26.7 Å². The highest BCUT2D eigenvalue weighted by molar-refractivity contribution is 9.10. The van der Waals surface area contributed by atoms with Crippen LogP contribution in [0.4, 0.5) is 0 Å². The maximum Gasteiger partial charge on any atom is 0.0176 e. The molecule has 0 saturated heterocycles. The highest BCUT2D eigenvalue weighted by Gasteiger charge is 1.83. The summed E-state index contributed by atoms with van der Waals surface area (Å²) in [6.45, 7) is 0. The van der Waals surface area contributed by atoms with Crippen LogP contribution < -0.4 is 0 Å². The Bertz CT molecular complexity index is 183. The summed E-state index contributed by atoms with van der Waals surface area (Å²) in [6.07, 6.45) is 0. The van der Waals surface area contributed by atoms with Crippen LogP contribution in [-0.2, 0) is 11.7 Å². The molecule has 0 amide bonds. The third kappa shape index (κ3) is 2.24. The molecular formula is C6H4BrS2-. The Kier molecular flexibility index (Phi) is 2.95. The van der Waals surface area contributed by atoms with Crippen LogP contribution in [0.5, 0.6) is 0 Å². The second kappa shape index (κ2) is 3.54. The van der Waals surface area contributed by atoms with Crippen LogP contribution in [0.3, 0.4) is 0 Å². The highest BCUT2D eigenvalue weighted by atomic mass is 79.9. The largest absolute Gasteiger partial charge is 0.714 e. The summed E-state index contributed by atoms with van der Waals surface area (Å²) in [7, 11) is 1.34. The van der Waals surface area contributed by atoms with Gasteiger partial charge in [0, 0.05) is 4.47 Å². The van der Waals surface area contributed by atoms with Crippen LogP contribution in [0, 0.1) is 0 Å². The van der Waals surface area contributed by atoms with Crippen molar-refractivity contribution in [1.82, 2.24) is 0 Å². The molecule has 9 heavy (non-hydrogen) atoms. The van der Waals surface area contributed by atoms with Crippen LogP contribution in [0.2, 0.25) is 0 Å². The minimum atomic E-state index is 1.09. The van der Waals surface area contributed by atoms with Crippen molar-refractivity contribution in [2.24, 2.45) is 0 Å². The van der Waals surface area contributed by atoms with Crippen LogP contribution in [0.15, 0.2) is 33.6 Å². The molecule has 0 bridgehead atoms. The molecule has 0 heterocycles. The molecule has 0 N–H and O–H groups in total. The lowest BCUT2D eigenvalue weighted by molar-refractivity contribution is 1.45. The summed E-state index contributed by atoms with van der Waals surface area (Å²) in [5, 5.41) is 0. The summed E-state index contributed by atoms with van der Waals surface area (Å²) >= 11 is 8.09. The predicted octanol–water partition coefficient (Wildman–Crippen LogP) is 3.00. The van der Waals surface area contributed by atoms with Gasteiger partial charge in [-0.1, -0.05) is 15.9 Å². The molecule has 0 aliphatic carbocycles. The van der Waals surface area contributed by atoms with E-state index in [9.17, 15) is 0 Å². The topological polar surface area (TPSA) is 0 Å². The summed E-state index contributed by atoms with van der Waals surface area (Å²) < 4.78 is 1.09. The monoisotopic (exact) mass is 219 g/mol. The van der Waals surface area contributed by atoms with E-state index >= 15 is 0 Å². The third-order valence-corrected chi connectivity index (χ3v) is 2.48. The Balaban J connectivity index is 2.88. The molecular weight excluding hydrogens is 216 g/mol. The van der Waals surface area contributed by atoms with E-state index < -0.39 is 0 Å². The number of rotatable bonds is 1. The first-order chi connectivity index (χ1) is 4.33. The zero-order valence-corrected chi connectivity index (χ0v) is 7.72. The zero-order valence-electron chi connectivity index (χ0n) is 4.50. The first-order valence-electron chi connectivity index (χ1n) is 2.38. The van der Waals surface area contributed by atoms with Crippen molar-refractivity contribution in [3.8, 4) is 0 Å². The molecule has 0 radical (unpaired) electrons. The van der Waals surface area contributed by atoms with Gasteiger partial charge in [0.1, 0.15) is 0 Å².